The van der Waals surface area contributed by atoms with Crippen molar-refractivity contribution in [3.63, 3.8) is 0 Å². The molecule has 5 amide bonds. The van der Waals surface area contributed by atoms with Gasteiger partial charge in [0.05, 0.1) is 11.1 Å². The number of benzene rings is 1. The standard InChI is InChI=1S/C20H21N3O8.ClH/c24-14-8-7-12(18(28)22-14)23-19(29)11-4-3-5-13(17(11)20(23)30)31-10-15(25)21-9-2-1-6-16(26)27;/h3-5,12H,1-2,6-10H2,(H,21,25)(H,26,27)(H,22,24,28);1H. The van der Waals surface area contributed by atoms with Crippen molar-refractivity contribution < 1.29 is 38.6 Å². The molecule has 2 aliphatic heterocycles. The number of halogens is 1. The van der Waals surface area contributed by atoms with Crippen LogP contribution in [0, 0.1) is 0 Å². The Morgan fingerprint density at radius 2 is 1.91 bits per heavy atom. The van der Waals surface area contributed by atoms with Gasteiger partial charge in [-0.05, 0) is 31.4 Å². The summed E-state index contributed by atoms with van der Waals surface area (Å²) in [7, 11) is 0. The van der Waals surface area contributed by atoms with Gasteiger partial charge in [0.2, 0.25) is 11.8 Å². The maximum absolute atomic E-state index is 12.9. The van der Waals surface area contributed by atoms with Crippen molar-refractivity contribution in [3.8, 4) is 5.75 Å². The van der Waals surface area contributed by atoms with Crippen molar-refractivity contribution >= 4 is 47.9 Å². The first-order chi connectivity index (χ1) is 14.8. The lowest BCUT2D eigenvalue weighted by molar-refractivity contribution is -0.138. The second-order valence-corrected chi connectivity index (χ2v) is 7.12. The highest BCUT2D eigenvalue weighted by atomic mass is 35.5. The summed E-state index contributed by atoms with van der Waals surface area (Å²) in [6, 6.07) is 3.28. The summed E-state index contributed by atoms with van der Waals surface area (Å²) >= 11 is 0. The Balaban J connectivity index is 0.00000363. The molecule has 0 spiro atoms. The van der Waals surface area contributed by atoms with E-state index in [0.717, 1.165) is 4.90 Å². The lowest BCUT2D eigenvalue weighted by Crippen LogP contribution is -2.54. The Bertz CT molecular complexity index is 964. The molecule has 1 saturated heterocycles. The SMILES string of the molecule is Cl.O=C(O)CCCCNC(=O)COc1cccc2c1C(=O)N(C1CCC(=O)NC1=O)C2=O. The van der Waals surface area contributed by atoms with Gasteiger partial charge in [0.25, 0.3) is 17.7 Å². The number of hydrogen-bond donors (Lipinski definition) is 3. The summed E-state index contributed by atoms with van der Waals surface area (Å²) < 4.78 is 5.44. The molecule has 1 unspecified atom stereocenters. The molecule has 3 rings (SSSR count). The van der Waals surface area contributed by atoms with Gasteiger partial charge in [-0.3, -0.25) is 39.0 Å². The van der Waals surface area contributed by atoms with Crippen LogP contribution in [0.3, 0.4) is 0 Å². The Labute approximate surface area is 188 Å². The number of carbonyl (C=O) groups is 6. The number of carboxylic acids is 1. The zero-order valence-corrected chi connectivity index (χ0v) is 17.7. The highest BCUT2D eigenvalue weighted by molar-refractivity contribution is 6.24. The fourth-order valence-corrected chi connectivity index (χ4v) is 3.43. The number of ether oxygens (including phenoxy) is 1. The van der Waals surface area contributed by atoms with Gasteiger partial charge in [0, 0.05) is 19.4 Å². The van der Waals surface area contributed by atoms with E-state index in [1.807, 2.05) is 0 Å². The third-order valence-electron chi connectivity index (χ3n) is 4.93. The molecule has 172 valence electrons. The van der Waals surface area contributed by atoms with E-state index in [9.17, 15) is 28.8 Å². The smallest absolute Gasteiger partial charge is 0.303 e. The van der Waals surface area contributed by atoms with Crippen molar-refractivity contribution in [1.29, 1.82) is 0 Å². The van der Waals surface area contributed by atoms with Crippen LogP contribution in [0.25, 0.3) is 0 Å². The van der Waals surface area contributed by atoms with E-state index in [-0.39, 0.29) is 55.1 Å². The monoisotopic (exact) mass is 467 g/mol. The predicted molar refractivity (Wildman–Crippen MR) is 110 cm³/mol. The molecule has 2 aliphatic rings. The Morgan fingerprint density at radius 3 is 2.59 bits per heavy atom. The number of amides is 5. The molecule has 0 aliphatic carbocycles. The molecule has 1 atom stereocenters. The number of piperidine rings is 1. The molecule has 11 nitrogen and oxygen atoms in total. The third-order valence-corrected chi connectivity index (χ3v) is 4.93. The van der Waals surface area contributed by atoms with E-state index in [1.165, 1.54) is 18.2 Å². The first kappa shape index (κ1) is 24.8. The maximum atomic E-state index is 12.9. The van der Waals surface area contributed by atoms with Crippen LogP contribution in [0.4, 0.5) is 0 Å². The Kier molecular flexibility index (Phi) is 8.30. The molecule has 0 aromatic heterocycles. The van der Waals surface area contributed by atoms with Gasteiger partial charge < -0.3 is 15.2 Å². The second-order valence-electron chi connectivity index (χ2n) is 7.12. The van der Waals surface area contributed by atoms with E-state index in [4.69, 9.17) is 9.84 Å². The van der Waals surface area contributed by atoms with Crippen molar-refractivity contribution in [2.45, 2.75) is 38.1 Å². The summed E-state index contributed by atoms with van der Waals surface area (Å²) in [6.45, 7) is -0.127. The molecule has 0 bridgehead atoms. The largest absolute Gasteiger partial charge is 0.483 e. The molecule has 2 heterocycles. The minimum Gasteiger partial charge on any atom is -0.483 e. The summed E-state index contributed by atoms with van der Waals surface area (Å²) in [5, 5.41) is 13.3. The Morgan fingerprint density at radius 1 is 1.16 bits per heavy atom. The minimum absolute atomic E-state index is 0. The average Bonchev–Trinajstić information content (AvgIpc) is 2.97. The number of fused-ring (bicyclic) bond motifs is 1. The zero-order valence-electron chi connectivity index (χ0n) is 16.9. The van der Waals surface area contributed by atoms with Gasteiger partial charge in [0.15, 0.2) is 6.61 Å². The van der Waals surface area contributed by atoms with Gasteiger partial charge in [-0.2, -0.15) is 0 Å². The summed E-state index contributed by atoms with van der Waals surface area (Å²) in [4.78, 5) is 72.3. The minimum atomic E-state index is -1.09. The lowest BCUT2D eigenvalue weighted by atomic mass is 10.0. The number of nitrogens with zero attached hydrogens (tertiary/aromatic N) is 1. The van der Waals surface area contributed by atoms with Crippen LogP contribution in [0.15, 0.2) is 18.2 Å². The van der Waals surface area contributed by atoms with Crippen LogP contribution in [0.5, 0.6) is 5.75 Å². The molecule has 3 N–H and O–H groups in total. The van der Waals surface area contributed by atoms with Gasteiger partial charge in [-0.15, -0.1) is 12.4 Å². The highest BCUT2D eigenvalue weighted by Crippen LogP contribution is 2.33. The van der Waals surface area contributed by atoms with E-state index >= 15 is 0 Å². The quantitative estimate of drug-likeness (QED) is 0.344. The van der Waals surface area contributed by atoms with Gasteiger partial charge in [0.1, 0.15) is 11.8 Å². The van der Waals surface area contributed by atoms with Crippen LogP contribution in [-0.2, 0) is 19.2 Å². The molecule has 0 radical (unpaired) electrons. The predicted octanol–water partition coefficient (Wildman–Crippen LogP) is 0.259. The van der Waals surface area contributed by atoms with Crippen molar-refractivity contribution in [1.82, 2.24) is 15.5 Å². The number of hydrogen-bond acceptors (Lipinski definition) is 7. The molecular weight excluding hydrogens is 446 g/mol. The molecule has 12 heteroatoms. The van der Waals surface area contributed by atoms with Crippen LogP contribution < -0.4 is 15.4 Å². The van der Waals surface area contributed by atoms with Crippen LogP contribution >= 0.6 is 12.4 Å². The molecule has 1 aromatic rings. The number of carboxylic acid groups (broad SMARTS) is 1. The van der Waals surface area contributed by atoms with Gasteiger partial charge in [-0.1, -0.05) is 6.07 Å². The summed E-state index contributed by atoms with van der Waals surface area (Å²) in [5.74, 6) is -3.90. The van der Waals surface area contributed by atoms with Gasteiger partial charge in [-0.25, -0.2) is 0 Å². The van der Waals surface area contributed by atoms with E-state index < -0.39 is 48.2 Å². The van der Waals surface area contributed by atoms with Crippen molar-refractivity contribution in [3.05, 3.63) is 29.3 Å². The van der Waals surface area contributed by atoms with Crippen LogP contribution in [0.2, 0.25) is 0 Å². The van der Waals surface area contributed by atoms with E-state index in [0.29, 0.717) is 12.8 Å². The average molecular weight is 468 g/mol. The number of aliphatic carboxylic acids is 1. The highest BCUT2D eigenvalue weighted by Gasteiger charge is 2.46. The van der Waals surface area contributed by atoms with Crippen LogP contribution in [0.1, 0.15) is 52.8 Å². The number of rotatable bonds is 9. The lowest BCUT2D eigenvalue weighted by Gasteiger charge is -2.27. The molecular formula is C20H22ClN3O8. The fraction of sp³-hybridized carbons (Fsp3) is 0.400. The van der Waals surface area contributed by atoms with Crippen molar-refractivity contribution in [2.75, 3.05) is 13.2 Å². The van der Waals surface area contributed by atoms with E-state index in [1.54, 1.807) is 0 Å². The molecule has 32 heavy (non-hydrogen) atoms. The normalized spacial score (nSPS) is 17.4. The third kappa shape index (κ3) is 5.41. The summed E-state index contributed by atoms with van der Waals surface area (Å²) in [5.41, 5.74) is 0.0211. The van der Waals surface area contributed by atoms with E-state index in [2.05, 4.69) is 10.6 Å². The Hall–Kier alpha value is -3.47. The summed E-state index contributed by atoms with van der Waals surface area (Å²) in [6.07, 6.45) is 0.987. The molecule has 1 fully saturated rings. The number of unbranched alkanes of at least 4 members (excludes halogenated alkanes) is 1. The maximum Gasteiger partial charge on any atom is 0.303 e. The fourth-order valence-electron chi connectivity index (χ4n) is 3.43. The molecule has 1 aromatic carbocycles. The van der Waals surface area contributed by atoms with Crippen LogP contribution in [-0.4, -0.2) is 64.7 Å². The van der Waals surface area contributed by atoms with Gasteiger partial charge >= 0.3 is 5.97 Å². The molecule has 0 saturated carbocycles. The number of carbonyl (C=O) groups excluding carboxylic acids is 5. The zero-order chi connectivity index (χ0) is 22.5. The topological polar surface area (TPSA) is 159 Å². The first-order valence-corrected chi connectivity index (χ1v) is 9.75. The van der Waals surface area contributed by atoms with Crippen molar-refractivity contribution in [2.24, 2.45) is 0 Å². The second kappa shape index (κ2) is 10.7. The number of nitrogens with one attached hydrogen (secondary N) is 2. The first-order valence-electron chi connectivity index (χ1n) is 9.75. The number of imide groups is 2.